The Balaban J connectivity index is 1.49. The monoisotopic (exact) mass is 486 g/mol. The highest BCUT2D eigenvalue weighted by Gasteiger charge is 2.30. The van der Waals surface area contributed by atoms with Crippen LogP contribution >= 0.6 is 11.8 Å². The van der Waals surface area contributed by atoms with Crippen LogP contribution in [0.25, 0.3) is 0 Å². The number of hydrogen-bond donors (Lipinski definition) is 0. The molecule has 1 aliphatic heterocycles. The van der Waals surface area contributed by atoms with Gasteiger partial charge >= 0.3 is 6.18 Å². The average molecular weight is 487 g/mol. The first kappa shape index (κ1) is 25.7. The standard InChI is InChI=1S/C24H29F3O5S/c1-4-28-12-18(13-29-20-7-5-19(6-8-20)24(25,26)27)15-33-21-9-10-22(16(2)11-21)30-14-23-31-17(3)32-23/h5-11,17-18,23H,4,12-15H2,1-3H3. The van der Waals surface area contributed by atoms with Gasteiger partial charge in [0.2, 0.25) is 0 Å². The Morgan fingerprint density at radius 2 is 1.76 bits per heavy atom. The summed E-state index contributed by atoms with van der Waals surface area (Å²) < 4.78 is 66.0. The molecule has 182 valence electrons. The maximum Gasteiger partial charge on any atom is 0.416 e. The van der Waals surface area contributed by atoms with Crippen molar-refractivity contribution in [2.24, 2.45) is 5.92 Å². The molecular formula is C24H29F3O5S. The van der Waals surface area contributed by atoms with Gasteiger partial charge in [0.05, 0.1) is 18.8 Å². The molecule has 1 unspecified atom stereocenters. The van der Waals surface area contributed by atoms with Crippen molar-refractivity contribution in [3.63, 3.8) is 0 Å². The van der Waals surface area contributed by atoms with Crippen LogP contribution < -0.4 is 9.47 Å². The minimum Gasteiger partial charge on any atom is -0.493 e. The fourth-order valence-corrected chi connectivity index (χ4v) is 4.19. The number of ether oxygens (including phenoxy) is 5. The number of halogens is 3. The maximum absolute atomic E-state index is 12.7. The van der Waals surface area contributed by atoms with E-state index >= 15 is 0 Å². The van der Waals surface area contributed by atoms with Gasteiger partial charge in [-0.2, -0.15) is 13.2 Å². The summed E-state index contributed by atoms with van der Waals surface area (Å²) in [5.41, 5.74) is 0.316. The largest absolute Gasteiger partial charge is 0.493 e. The van der Waals surface area contributed by atoms with Crippen molar-refractivity contribution in [1.29, 1.82) is 0 Å². The highest BCUT2D eigenvalue weighted by molar-refractivity contribution is 7.99. The van der Waals surface area contributed by atoms with Crippen LogP contribution in [0, 0.1) is 12.8 Å². The van der Waals surface area contributed by atoms with Gasteiger partial charge in [-0.15, -0.1) is 11.8 Å². The molecule has 1 saturated heterocycles. The van der Waals surface area contributed by atoms with E-state index in [-0.39, 0.29) is 18.5 Å². The third-order valence-corrected chi connectivity index (χ3v) is 6.14. The third-order valence-electron chi connectivity index (χ3n) is 4.92. The minimum atomic E-state index is -4.36. The second kappa shape index (κ2) is 12.0. The van der Waals surface area contributed by atoms with Gasteiger partial charge < -0.3 is 23.7 Å². The number of rotatable bonds is 12. The summed E-state index contributed by atoms with van der Waals surface area (Å²) in [5, 5.41) is 0. The summed E-state index contributed by atoms with van der Waals surface area (Å²) in [5.74, 6) is 1.99. The first-order valence-electron chi connectivity index (χ1n) is 10.8. The summed E-state index contributed by atoms with van der Waals surface area (Å²) in [7, 11) is 0. The zero-order valence-corrected chi connectivity index (χ0v) is 19.7. The summed E-state index contributed by atoms with van der Waals surface area (Å²) in [6.07, 6.45) is -4.85. The molecule has 33 heavy (non-hydrogen) atoms. The van der Waals surface area contributed by atoms with Crippen LogP contribution in [-0.2, 0) is 20.4 Å². The lowest BCUT2D eigenvalue weighted by Crippen LogP contribution is -2.42. The molecule has 1 heterocycles. The normalized spacial score (nSPS) is 19.1. The molecule has 1 aliphatic rings. The fourth-order valence-electron chi connectivity index (χ4n) is 3.14. The van der Waals surface area contributed by atoms with Crippen molar-refractivity contribution in [3.8, 4) is 11.5 Å². The predicted molar refractivity (Wildman–Crippen MR) is 120 cm³/mol. The van der Waals surface area contributed by atoms with E-state index in [2.05, 4.69) is 6.07 Å². The summed E-state index contributed by atoms with van der Waals surface area (Å²) in [6.45, 7) is 7.51. The fraction of sp³-hybridized carbons (Fsp3) is 0.500. The Hall–Kier alpha value is -1.94. The quantitative estimate of drug-likeness (QED) is 0.346. The van der Waals surface area contributed by atoms with E-state index in [9.17, 15) is 13.2 Å². The Labute approximate surface area is 196 Å². The van der Waals surface area contributed by atoms with Crippen molar-refractivity contribution in [1.82, 2.24) is 0 Å². The molecule has 0 spiro atoms. The zero-order valence-electron chi connectivity index (χ0n) is 18.9. The number of aryl methyl sites for hydroxylation is 1. The van der Waals surface area contributed by atoms with Gasteiger partial charge in [-0.1, -0.05) is 0 Å². The lowest BCUT2D eigenvalue weighted by Gasteiger charge is -2.33. The van der Waals surface area contributed by atoms with Gasteiger partial charge in [0.15, 0.2) is 12.6 Å². The van der Waals surface area contributed by atoms with E-state index in [1.54, 1.807) is 11.8 Å². The highest BCUT2D eigenvalue weighted by Crippen LogP contribution is 2.31. The molecule has 9 heteroatoms. The molecule has 2 aromatic carbocycles. The van der Waals surface area contributed by atoms with Crippen LogP contribution in [0.3, 0.4) is 0 Å². The first-order valence-corrected chi connectivity index (χ1v) is 11.8. The van der Waals surface area contributed by atoms with Crippen molar-refractivity contribution in [3.05, 3.63) is 53.6 Å². The SMILES string of the molecule is CCOCC(COc1ccc(C(F)(F)F)cc1)CSc1ccc(OCC2OC(C)O2)c(C)c1. The van der Waals surface area contributed by atoms with E-state index in [1.807, 2.05) is 32.9 Å². The Morgan fingerprint density at radius 3 is 2.36 bits per heavy atom. The van der Waals surface area contributed by atoms with E-state index in [4.69, 9.17) is 23.7 Å². The molecule has 1 fully saturated rings. The second-order valence-corrected chi connectivity index (χ2v) is 8.77. The predicted octanol–water partition coefficient (Wildman–Crippen LogP) is 5.94. The first-order chi connectivity index (χ1) is 15.7. The third kappa shape index (κ3) is 8.10. The van der Waals surface area contributed by atoms with E-state index in [1.165, 1.54) is 12.1 Å². The summed E-state index contributed by atoms with van der Waals surface area (Å²) >= 11 is 1.67. The van der Waals surface area contributed by atoms with Crippen molar-refractivity contribution >= 4 is 11.8 Å². The Morgan fingerprint density at radius 1 is 1.03 bits per heavy atom. The molecule has 0 N–H and O–H groups in total. The molecule has 3 rings (SSSR count). The average Bonchev–Trinajstić information content (AvgIpc) is 2.76. The van der Waals surface area contributed by atoms with E-state index in [0.717, 1.165) is 34.1 Å². The molecule has 1 atom stereocenters. The highest BCUT2D eigenvalue weighted by atomic mass is 32.2. The van der Waals surface area contributed by atoms with E-state index in [0.29, 0.717) is 32.2 Å². The van der Waals surface area contributed by atoms with Gasteiger partial charge in [0, 0.05) is 23.2 Å². The van der Waals surface area contributed by atoms with Gasteiger partial charge in [-0.3, -0.25) is 0 Å². The molecule has 0 aromatic heterocycles. The van der Waals surface area contributed by atoms with Crippen LogP contribution in [0.15, 0.2) is 47.4 Å². The van der Waals surface area contributed by atoms with E-state index < -0.39 is 11.7 Å². The lowest BCUT2D eigenvalue weighted by atomic mass is 10.2. The maximum atomic E-state index is 12.7. The molecule has 0 amide bonds. The van der Waals surface area contributed by atoms with Crippen LogP contribution in [0.2, 0.25) is 0 Å². The second-order valence-electron chi connectivity index (χ2n) is 7.68. The van der Waals surface area contributed by atoms with Crippen LogP contribution in [0.5, 0.6) is 11.5 Å². The van der Waals surface area contributed by atoms with Crippen molar-refractivity contribution in [2.45, 2.75) is 44.4 Å². The Bertz CT molecular complexity index is 869. The summed E-state index contributed by atoms with van der Waals surface area (Å²) in [6, 6.07) is 10.7. The molecule has 5 nitrogen and oxygen atoms in total. The molecule has 0 aliphatic carbocycles. The number of hydrogen-bond acceptors (Lipinski definition) is 6. The van der Waals surface area contributed by atoms with Gasteiger partial charge in [-0.25, -0.2) is 0 Å². The Kier molecular flexibility index (Phi) is 9.31. The lowest BCUT2D eigenvalue weighted by molar-refractivity contribution is -0.380. The van der Waals surface area contributed by atoms with Crippen molar-refractivity contribution in [2.75, 3.05) is 32.2 Å². The minimum absolute atomic E-state index is 0.0726. The van der Waals surface area contributed by atoms with Gasteiger partial charge in [0.1, 0.15) is 18.1 Å². The van der Waals surface area contributed by atoms with Crippen molar-refractivity contribution < 1.29 is 36.9 Å². The number of benzene rings is 2. The summed E-state index contributed by atoms with van der Waals surface area (Å²) in [4.78, 5) is 1.08. The van der Waals surface area contributed by atoms with Crippen LogP contribution in [0.1, 0.15) is 25.0 Å². The van der Waals surface area contributed by atoms with Gasteiger partial charge in [-0.05, 0) is 68.8 Å². The molecule has 2 aromatic rings. The van der Waals surface area contributed by atoms with Crippen LogP contribution in [-0.4, -0.2) is 44.8 Å². The topological polar surface area (TPSA) is 46.2 Å². The number of alkyl halides is 3. The molecule has 0 bridgehead atoms. The number of thioether (sulfide) groups is 1. The van der Waals surface area contributed by atoms with Crippen LogP contribution in [0.4, 0.5) is 13.2 Å². The molecule has 0 radical (unpaired) electrons. The molecular weight excluding hydrogens is 457 g/mol. The molecule has 0 saturated carbocycles. The zero-order chi connectivity index (χ0) is 23.8. The van der Waals surface area contributed by atoms with Gasteiger partial charge in [0.25, 0.3) is 0 Å². The smallest absolute Gasteiger partial charge is 0.416 e.